The molecule has 1 aliphatic carbocycles. The van der Waals surface area contributed by atoms with E-state index in [-0.39, 0.29) is 11.4 Å². The summed E-state index contributed by atoms with van der Waals surface area (Å²) in [5.74, 6) is 0.629. The molecule has 1 aromatic rings. The van der Waals surface area contributed by atoms with E-state index in [4.69, 9.17) is 5.73 Å². The van der Waals surface area contributed by atoms with Gasteiger partial charge in [0.15, 0.2) is 0 Å². The Bertz CT molecular complexity index is 480. The number of hydrogen-bond acceptors (Lipinski definition) is 2. The second-order valence-electron chi connectivity index (χ2n) is 6.04. The molecule has 1 fully saturated rings. The van der Waals surface area contributed by atoms with Gasteiger partial charge >= 0.3 is 0 Å². The molecule has 1 aliphatic rings. The average molecular weight is 260 g/mol. The Kier molecular flexibility index (Phi) is 3.95. The number of hydrogen-bond donors (Lipinski definition) is 2. The Morgan fingerprint density at radius 1 is 1.37 bits per heavy atom. The fourth-order valence-electron chi connectivity index (χ4n) is 2.50. The third kappa shape index (κ3) is 3.35. The molecule has 1 aromatic carbocycles. The summed E-state index contributed by atoms with van der Waals surface area (Å²) in [6, 6.07) is 6.19. The minimum atomic E-state index is -0.225. The van der Waals surface area contributed by atoms with Crippen LogP contribution in [-0.2, 0) is 11.2 Å². The Hall–Kier alpha value is -1.35. The van der Waals surface area contributed by atoms with Crippen LogP contribution in [0.5, 0.6) is 0 Å². The van der Waals surface area contributed by atoms with Crippen LogP contribution < -0.4 is 11.1 Å². The van der Waals surface area contributed by atoms with Gasteiger partial charge in [-0.3, -0.25) is 4.79 Å². The number of carbonyl (C=O) groups excluding carboxylic acids is 1. The molecule has 1 unspecified atom stereocenters. The van der Waals surface area contributed by atoms with Crippen LogP contribution >= 0.6 is 0 Å². The van der Waals surface area contributed by atoms with Crippen molar-refractivity contribution >= 4 is 5.91 Å². The van der Waals surface area contributed by atoms with Crippen molar-refractivity contribution in [1.82, 2.24) is 5.32 Å². The van der Waals surface area contributed by atoms with E-state index in [1.807, 2.05) is 6.07 Å². The number of benzene rings is 1. The summed E-state index contributed by atoms with van der Waals surface area (Å²) in [7, 11) is 0. The highest BCUT2D eigenvalue weighted by atomic mass is 16.1. The molecular weight excluding hydrogens is 236 g/mol. The van der Waals surface area contributed by atoms with Crippen molar-refractivity contribution in [1.29, 1.82) is 0 Å². The van der Waals surface area contributed by atoms with Gasteiger partial charge in [0.2, 0.25) is 5.91 Å². The Balaban J connectivity index is 1.98. The molecule has 3 nitrogen and oxygen atoms in total. The highest BCUT2D eigenvalue weighted by Gasteiger charge is 2.41. The average Bonchev–Trinajstić information content (AvgIpc) is 3.18. The lowest BCUT2D eigenvalue weighted by Crippen LogP contribution is -2.53. The van der Waals surface area contributed by atoms with E-state index < -0.39 is 0 Å². The quantitative estimate of drug-likeness (QED) is 0.851. The van der Waals surface area contributed by atoms with Crippen molar-refractivity contribution in [2.24, 2.45) is 11.7 Å². The third-order valence-electron chi connectivity index (χ3n) is 4.26. The van der Waals surface area contributed by atoms with Gasteiger partial charge in [0.1, 0.15) is 0 Å². The largest absolute Gasteiger partial charge is 0.349 e. The first kappa shape index (κ1) is 14.1. The molecular formula is C16H24N2O. The summed E-state index contributed by atoms with van der Waals surface area (Å²) in [4.78, 5) is 12.1. The number of nitrogens with one attached hydrogen (secondary N) is 1. The van der Waals surface area contributed by atoms with Crippen molar-refractivity contribution in [2.45, 2.75) is 45.6 Å². The standard InChI is InChI=1S/C16H24N2O/c1-11-4-5-13(8-12(11)2)9-15(19)18-16(3,10-17)14-6-7-14/h4-5,8,14H,6-7,9-10,17H2,1-3H3,(H,18,19). The van der Waals surface area contributed by atoms with Crippen LogP contribution in [0.4, 0.5) is 0 Å². The molecule has 0 heterocycles. The van der Waals surface area contributed by atoms with Gasteiger partial charge in [-0.25, -0.2) is 0 Å². The van der Waals surface area contributed by atoms with Crippen LogP contribution in [0.15, 0.2) is 18.2 Å². The molecule has 0 spiro atoms. The fraction of sp³-hybridized carbons (Fsp3) is 0.562. The van der Waals surface area contributed by atoms with Crippen molar-refractivity contribution in [2.75, 3.05) is 6.54 Å². The van der Waals surface area contributed by atoms with Gasteiger partial charge in [-0.15, -0.1) is 0 Å². The zero-order valence-electron chi connectivity index (χ0n) is 12.1. The van der Waals surface area contributed by atoms with E-state index in [1.165, 1.54) is 24.0 Å². The van der Waals surface area contributed by atoms with E-state index in [2.05, 4.69) is 38.2 Å². The maximum absolute atomic E-state index is 12.1. The molecule has 0 saturated heterocycles. The molecule has 2 rings (SSSR count). The van der Waals surface area contributed by atoms with Crippen molar-refractivity contribution in [3.63, 3.8) is 0 Å². The van der Waals surface area contributed by atoms with Gasteiger partial charge in [0, 0.05) is 6.54 Å². The molecule has 19 heavy (non-hydrogen) atoms. The zero-order valence-corrected chi connectivity index (χ0v) is 12.1. The van der Waals surface area contributed by atoms with Crippen LogP contribution in [0.3, 0.4) is 0 Å². The predicted molar refractivity (Wildman–Crippen MR) is 77.9 cm³/mol. The molecule has 0 aromatic heterocycles. The predicted octanol–water partition coefficient (Wildman–Crippen LogP) is 2.09. The summed E-state index contributed by atoms with van der Waals surface area (Å²) >= 11 is 0. The van der Waals surface area contributed by atoms with Crippen LogP contribution in [0, 0.1) is 19.8 Å². The number of amides is 1. The molecule has 0 aliphatic heterocycles. The molecule has 104 valence electrons. The van der Waals surface area contributed by atoms with Crippen LogP contribution in [0.1, 0.15) is 36.5 Å². The lowest BCUT2D eigenvalue weighted by Gasteiger charge is -2.29. The maximum Gasteiger partial charge on any atom is 0.224 e. The monoisotopic (exact) mass is 260 g/mol. The molecule has 3 heteroatoms. The summed E-state index contributed by atoms with van der Waals surface area (Å²) < 4.78 is 0. The van der Waals surface area contributed by atoms with Gasteiger partial charge in [-0.05, 0) is 56.2 Å². The number of aryl methyl sites for hydroxylation is 2. The summed E-state index contributed by atoms with van der Waals surface area (Å²) in [5, 5.41) is 3.12. The Morgan fingerprint density at radius 2 is 2.05 bits per heavy atom. The maximum atomic E-state index is 12.1. The van der Waals surface area contributed by atoms with E-state index >= 15 is 0 Å². The zero-order chi connectivity index (χ0) is 14.0. The fourth-order valence-corrected chi connectivity index (χ4v) is 2.50. The van der Waals surface area contributed by atoms with Crippen LogP contribution in [0.2, 0.25) is 0 Å². The molecule has 3 N–H and O–H groups in total. The highest BCUT2D eigenvalue weighted by Crippen LogP contribution is 2.38. The molecule has 1 atom stereocenters. The normalized spacial score (nSPS) is 17.9. The first-order chi connectivity index (χ1) is 8.94. The summed E-state index contributed by atoms with van der Waals surface area (Å²) in [5.41, 5.74) is 9.15. The van der Waals surface area contributed by atoms with Crippen LogP contribution in [0.25, 0.3) is 0 Å². The SMILES string of the molecule is Cc1ccc(CC(=O)NC(C)(CN)C2CC2)cc1C. The summed E-state index contributed by atoms with van der Waals surface area (Å²) in [6.45, 7) is 6.72. The summed E-state index contributed by atoms with van der Waals surface area (Å²) in [6.07, 6.45) is 2.79. The van der Waals surface area contributed by atoms with Gasteiger partial charge in [-0.1, -0.05) is 18.2 Å². The molecule has 0 bridgehead atoms. The van der Waals surface area contributed by atoms with Crippen LogP contribution in [-0.4, -0.2) is 18.0 Å². The van der Waals surface area contributed by atoms with E-state index in [0.29, 0.717) is 18.9 Å². The van der Waals surface area contributed by atoms with E-state index in [1.54, 1.807) is 0 Å². The Labute approximate surface area is 115 Å². The third-order valence-corrected chi connectivity index (χ3v) is 4.26. The van der Waals surface area contributed by atoms with Crippen molar-refractivity contribution in [3.8, 4) is 0 Å². The minimum absolute atomic E-state index is 0.0723. The lowest BCUT2D eigenvalue weighted by atomic mass is 9.95. The Morgan fingerprint density at radius 3 is 2.58 bits per heavy atom. The topological polar surface area (TPSA) is 55.1 Å². The van der Waals surface area contributed by atoms with Gasteiger partial charge < -0.3 is 11.1 Å². The minimum Gasteiger partial charge on any atom is -0.349 e. The highest BCUT2D eigenvalue weighted by molar-refractivity contribution is 5.79. The number of nitrogens with two attached hydrogens (primary N) is 1. The van der Waals surface area contributed by atoms with Gasteiger partial charge in [-0.2, -0.15) is 0 Å². The second kappa shape index (κ2) is 5.33. The first-order valence-electron chi connectivity index (χ1n) is 7.02. The lowest BCUT2D eigenvalue weighted by molar-refractivity contribution is -0.122. The molecule has 1 saturated carbocycles. The van der Waals surface area contributed by atoms with E-state index in [0.717, 1.165) is 5.56 Å². The smallest absolute Gasteiger partial charge is 0.224 e. The molecule has 0 radical (unpaired) electrons. The van der Waals surface area contributed by atoms with Crippen molar-refractivity contribution < 1.29 is 4.79 Å². The van der Waals surface area contributed by atoms with Gasteiger partial charge in [0.25, 0.3) is 0 Å². The number of carbonyl (C=O) groups is 1. The van der Waals surface area contributed by atoms with Gasteiger partial charge in [0.05, 0.1) is 12.0 Å². The number of rotatable bonds is 5. The van der Waals surface area contributed by atoms with E-state index in [9.17, 15) is 4.79 Å². The second-order valence-corrected chi connectivity index (χ2v) is 6.04. The molecule has 1 amide bonds. The van der Waals surface area contributed by atoms with Crippen molar-refractivity contribution in [3.05, 3.63) is 34.9 Å². The first-order valence-corrected chi connectivity index (χ1v) is 7.02.